The molecule has 1 aromatic carbocycles. The van der Waals surface area contributed by atoms with Gasteiger partial charge in [0.25, 0.3) is 0 Å². The van der Waals surface area contributed by atoms with Gasteiger partial charge in [-0.15, -0.1) is 0 Å². The van der Waals surface area contributed by atoms with Crippen LogP contribution in [0.4, 0.5) is 5.69 Å². The van der Waals surface area contributed by atoms with Crippen LogP contribution in [0, 0.1) is 0 Å². The second kappa shape index (κ2) is 5.72. The Balaban J connectivity index is 2.73. The molecule has 0 fully saturated rings. The Morgan fingerprint density at radius 1 is 1.44 bits per heavy atom. The minimum atomic E-state index is 0.166. The first-order valence-electron chi connectivity index (χ1n) is 5.43. The van der Waals surface area contributed by atoms with E-state index in [-0.39, 0.29) is 5.75 Å². The van der Waals surface area contributed by atoms with E-state index in [0.29, 0.717) is 11.7 Å². The SMILES string of the molecule is CNCC(Cc1ccc(N)c(O)c1)N(C)C. The lowest BCUT2D eigenvalue weighted by molar-refractivity contribution is 0.286. The third kappa shape index (κ3) is 3.40. The van der Waals surface area contributed by atoms with Crippen molar-refractivity contribution in [3.8, 4) is 5.75 Å². The van der Waals surface area contributed by atoms with Gasteiger partial charge in [0.15, 0.2) is 0 Å². The Morgan fingerprint density at radius 3 is 2.62 bits per heavy atom. The molecule has 1 rings (SSSR count). The Morgan fingerprint density at radius 2 is 2.12 bits per heavy atom. The highest BCUT2D eigenvalue weighted by molar-refractivity contribution is 5.52. The fourth-order valence-corrected chi connectivity index (χ4v) is 1.66. The van der Waals surface area contributed by atoms with Gasteiger partial charge in [0.2, 0.25) is 0 Å². The van der Waals surface area contributed by atoms with Crippen molar-refractivity contribution in [1.29, 1.82) is 0 Å². The third-order valence-electron chi connectivity index (χ3n) is 2.74. The number of nitrogens with zero attached hydrogens (tertiary/aromatic N) is 1. The van der Waals surface area contributed by atoms with Gasteiger partial charge in [-0.2, -0.15) is 0 Å². The van der Waals surface area contributed by atoms with Gasteiger partial charge in [0, 0.05) is 12.6 Å². The van der Waals surface area contributed by atoms with Crippen LogP contribution in [0.3, 0.4) is 0 Å². The zero-order valence-corrected chi connectivity index (χ0v) is 10.2. The van der Waals surface area contributed by atoms with Crippen LogP contribution >= 0.6 is 0 Å². The zero-order chi connectivity index (χ0) is 12.1. The minimum Gasteiger partial charge on any atom is -0.506 e. The Hall–Kier alpha value is -1.26. The number of nitrogens with one attached hydrogen (secondary N) is 1. The molecule has 0 saturated carbocycles. The summed E-state index contributed by atoms with van der Waals surface area (Å²) in [6, 6.07) is 5.85. The molecule has 0 amide bonds. The van der Waals surface area contributed by atoms with Gasteiger partial charge in [-0.25, -0.2) is 0 Å². The van der Waals surface area contributed by atoms with Gasteiger partial charge in [-0.3, -0.25) is 0 Å². The van der Waals surface area contributed by atoms with Crippen molar-refractivity contribution in [1.82, 2.24) is 10.2 Å². The summed E-state index contributed by atoms with van der Waals surface area (Å²) in [5, 5.41) is 12.7. The number of anilines is 1. The van der Waals surface area contributed by atoms with E-state index < -0.39 is 0 Å². The number of likely N-dealkylation sites (N-methyl/N-ethyl adjacent to an activating group) is 2. The molecule has 0 saturated heterocycles. The molecule has 0 bridgehead atoms. The second-order valence-corrected chi connectivity index (χ2v) is 4.27. The molecule has 0 heterocycles. The van der Waals surface area contributed by atoms with Crippen LogP contribution in [-0.2, 0) is 6.42 Å². The van der Waals surface area contributed by atoms with Gasteiger partial charge in [0.05, 0.1) is 5.69 Å². The van der Waals surface area contributed by atoms with Gasteiger partial charge in [-0.05, 0) is 45.3 Å². The van der Waals surface area contributed by atoms with Gasteiger partial charge in [-0.1, -0.05) is 6.07 Å². The molecule has 4 nitrogen and oxygen atoms in total. The molecule has 1 aromatic rings. The van der Waals surface area contributed by atoms with Crippen LogP contribution in [0.15, 0.2) is 18.2 Å². The molecule has 0 radical (unpaired) electrons. The highest BCUT2D eigenvalue weighted by Crippen LogP contribution is 2.21. The molecular formula is C12H21N3O. The summed E-state index contributed by atoms with van der Waals surface area (Å²) in [4.78, 5) is 2.17. The first-order valence-corrected chi connectivity index (χ1v) is 5.43. The smallest absolute Gasteiger partial charge is 0.138 e. The van der Waals surface area contributed by atoms with Gasteiger partial charge < -0.3 is 21.1 Å². The number of phenolic OH excluding ortho intramolecular Hbond substituents is 1. The molecule has 90 valence electrons. The molecule has 0 aliphatic heterocycles. The molecule has 0 aromatic heterocycles. The second-order valence-electron chi connectivity index (χ2n) is 4.27. The normalized spacial score (nSPS) is 13.0. The number of phenols is 1. The van der Waals surface area contributed by atoms with Crippen LogP contribution in [-0.4, -0.2) is 43.7 Å². The Kier molecular flexibility index (Phi) is 4.58. The number of nitrogen functional groups attached to an aromatic ring is 1. The van der Waals surface area contributed by atoms with Crippen molar-refractivity contribution in [2.45, 2.75) is 12.5 Å². The number of rotatable bonds is 5. The summed E-state index contributed by atoms with van der Waals surface area (Å²) in [5.74, 6) is 0.166. The average molecular weight is 223 g/mol. The maximum absolute atomic E-state index is 9.53. The summed E-state index contributed by atoms with van der Waals surface area (Å²) < 4.78 is 0. The lowest BCUT2D eigenvalue weighted by atomic mass is 10.0. The van der Waals surface area contributed by atoms with Crippen LogP contribution in [0.25, 0.3) is 0 Å². The monoisotopic (exact) mass is 223 g/mol. The minimum absolute atomic E-state index is 0.166. The van der Waals surface area contributed by atoms with Crippen molar-refractivity contribution >= 4 is 5.69 Å². The first kappa shape index (κ1) is 12.8. The number of nitrogens with two attached hydrogens (primary N) is 1. The number of hydrogen-bond acceptors (Lipinski definition) is 4. The van der Waals surface area contributed by atoms with Crippen LogP contribution in [0.1, 0.15) is 5.56 Å². The van der Waals surface area contributed by atoms with E-state index >= 15 is 0 Å². The highest BCUT2D eigenvalue weighted by atomic mass is 16.3. The van der Waals surface area contributed by atoms with E-state index in [1.807, 2.05) is 13.1 Å². The summed E-state index contributed by atoms with van der Waals surface area (Å²) in [6.07, 6.45) is 0.891. The molecule has 16 heavy (non-hydrogen) atoms. The maximum atomic E-state index is 9.53. The Bertz CT molecular complexity index is 339. The van der Waals surface area contributed by atoms with Gasteiger partial charge >= 0.3 is 0 Å². The van der Waals surface area contributed by atoms with Crippen LogP contribution < -0.4 is 11.1 Å². The topological polar surface area (TPSA) is 61.5 Å². The fraction of sp³-hybridized carbons (Fsp3) is 0.500. The highest BCUT2D eigenvalue weighted by Gasteiger charge is 2.11. The summed E-state index contributed by atoms with van der Waals surface area (Å²) in [7, 11) is 6.05. The number of benzene rings is 1. The lowest BCUT2D eigenvalue weighted by Gasteiger charge is -2.24. The van der Waals surface area contributed by atoms with Crippen molar-refractivity contribution in [2.24, 2.45) is 0 Å². The first-order chi connectivity index (χ1) is 7.54. The van der Waals surface area contributed by atoms with E-state index in [4.69, 9.17) is 5.73 Å². The van der Waals surface area contributed by atoms with Crippen LogP contribution in [0.5, 0.6) is 5.75 Å². The summed E-state index contributed by atoms with van der Waals surface area (Å²) >= 11 is 0. The van der Waals surface area contributed by atoms with E-state index in [9.17, 15) is 5.11 Å². The quantitative estimate of drug-likeness (QED) is 0.507. The lowest BCUT2D eigenvalue weighted by Crippen LogP contribution is -2.38. The summed E-state index contributed by atoms with van der Waals surface area (Å²) in [6.45, 7) is 0.915. The average Bonchev–Trinajstić information content (AvgIpc) is 2.22. The third-order valence-corrected chi connectivity index (χ3v) is 2.74. The van der Waals surface area contributed by atoms with Crippen molar-refractivity contribution in [2.75, 3.05) is 33.4 Å². The molecule has 0 spiro atoms. The molecule has 1 unspecified atom stereocenters. The van der Waals surface area contributed by atoms with E-state index in [2.05, 4.69) is 24.3 Å². The van der Waals surface area contributed by atoms with Crippen molar-refractivity contribution in [3.63, 3.8) is 0 Å². The predicted octanol–water partition coefficient (Wildman–Crippen LogP) is 0.666. The van der Waals surface area contributed by atoms with Crippen molar-refractivity contribution in [3.05, 3.63) is 23.8 Å². The predicted molar refractivity (Wildman–Crippen MR) is 67.6 cm³/mol. The van der Waals surface area contributed by atoms with Crippen LogP contribution in [0.2, 0.25) is 0 Å². The number of aromatic hydroxyl groups is 1. The van der Waals surface area contributed by atoms with Gasteiger partial charge in [0.1, 0.15) is 5.75 Å². The molecule has 0 aliphatic rings. The molecule has 0 aliphatic carbocycles. The van der Waals surface area contributed by atoms with Crippen molar-refractivity contribution < 1.29 is 5.11 Å². The standard InChI is InChI=1S/C12H21N3O/c1-14-8-10(15(2)3)6-9-4-5-11(13)12(16)7-9/h4-5,7,10,14,16H,6,8,13H2,1-3H3. The van der Waals surface area contributed by atoms with E-state index in [0.717, 1.165) is 18.5 Å². The molecule has 4 N–H and O–H groups in total. The maximum Gasteiger partial charge on any atom is 0.138 e. The van der Waals surface area contributed by atoms with E-state index in [1.165, 1.54) is 0 Å². The summed E-state index contributed by atoms with van der Waals surface area (Å²) in [5.41, 5.74) is 7.09. The zero-order valence-electron chi connectivity index (χ0n) is 10.2. The fourth-order valence-electron chi connectivity index (χ4n) is 1.66. The molecule has 1 atom stereocenters. The molecular weight excluding hydrogens is 202 g/mol. The Labute approximate surface area is 97.1 Å². The van der Waals surface area contributed by atoms with E-state index in [1.54, 1.807) is 12.1 Å². The molecule has 4 heteroatoms. The number of hydrogen-bond donors (Lipinski definition) is 3. The largest absolute Gasteiger partial charge is 0.506 e.